The second-order valence-electron chi connectivity index (χ2n) is 4.64. The van der Waals surface area contributed by atoms with E-state index in [-0.39, 0.29) is 18.4 Å². The van der Waals surface area contributed by atoms with Crippen LogP contribution in [0.25, 0.3) is 0 Å². The van der Waals surface area contributed by atoms with Crippen LogP contribution in [0.4, 0.5) is 0 Å². The lowest BCUT2D eigenvalue weighted by molar-refractivity contribution is -0.139. The fourth-order valence-corrected chi connectivity index (χ4v) is 1.83. The molecule has 2 atom stereocenters. The molecule has 0 fully saturated rings. The Bertz CT molecular complexity index is 569. The van der Waals surface area contributed by atoms with Crippen LogP contribution < -0.4 is 11.1 Å². The number of rotatable bonds is 9. The van der Waals surface area contributed by atoms with Gasteiger partial charge in [0.2, 0.25) is 6.41 Å². The number of carbonyl (C=O) groups excluding carboxylic acids is 2. The first-order valence-corrected chi connectivity index (χ1v) is 6.38. The molecule has 1 rings (SSSR count). The molecule has 0 saturated carbocycles. The molecule has 1 aromatic carbocycles. The van der Waals surface area contributed by atoms with Crippen LogP contribution in [0, 0.1) is 0 Å². The summed E-state index contributed by atoms with van der Waals surface area (Å²) in [6.45, 7) is 0. The molecule has 0 bridgehead atoms. The lowest BCUT2D eigenvalue weighted by atomic mass is 9.99. The third-order valence-electron chi connectivity index (χ3n) is 2.98. The topological polar surface area (TPSA) is 147 Å². The number of benzene rings is 1. The Balaban J connectivity index is 2.83. The molecule has 0 saturated heterocycles. The Kier molecular flexibility index (Phi) is 6.21. The molecule has 0 aromatic heterocycles. The first kappa shape index (κ1) is 17.3. The van der Waals surface area contributed by atoms with Crippen LogP contribution in [0.3, 0.4) is 0 Å². The van der Waals surface area contributed by atoms with Gasteiger partial charge in [-0.2, -0.15) is 0 Å². The van der Waals surface area contributed by atoms with Gasteiger partial charge in [-0.3, -0.25) is 19.2 Å². The third-order valence-corrected chi connectivity index (χ3v) is 2.98. The van der Waals surface area contributed by atoms with E-state index in [9.17, 15) is 19.2 Å². The zero-order valence-electron chi connectivity index (χ0n) is 11.6. The van der Waals surface area contributed by atoms with E-state index in [1.165, 1.54) is 24.3 Å². The summed E-state index contributed by atoms with van der Waals surface area (Å²) in [5, 5.41) is 19.6. The standard InChI is InChI=1S/C14H16N2O6/c15-10(14(21)22)5-8-1-3-9(4-2-8)13(20)11(16-7-17)6-12(18)19/h1-4,7,10-11H,5-6,15H2,(H,16,17)(H,18,19)(H,21,22)/t10-,11-/m0/s1. The van der Waals surface area contributed by atoms with Crippen LogP contribution >= 0.6 is 0 Å². The minimum Gasteiger partial charge on any atom is -0.481 e. The summed E-state index contributed by atoms with van der Waals surface area (Å²) >= 11 is 0. The van der Waals surface area contributed by atoms with Crippen molar-refractivity contribution < 1.29 is 29.4 Å². The molecule has 8 nitrogen and oxygen atoms in total. The van der Waals surface area contributed by atoms with E-state index in [2.05, 4.69) is 5.32 Å². The van der Waals surface area contributed by atoms with E-state index in [1.54, 1.807) is 0 Å². The minimum atomic E-state index is -1.21. The Morgan fingerprint density at radius 2 is 1.77 bits per heavy atom. The number of amides is 1. The third kappa shape index (κ3) is 4.98. The van der Waals surface area contributed by atoms with Crippen molar-refractivity contribution in [2.45, 2.75) is 24.9 Å². The molecule has 1 amide bonds. The maximum absolute atomic E-state index is 12.1. The van der Waals surface area contributed by atoms with Gasteiger partial charge in [-0.15, -0.1) is 0 Å². The highest BCUT2D eigenvalue weighted by Crippen LogP contribution is 2.10. The van der Waals surface area contributed by atoms with E-state index >= 15 is 0 Å². The van der Waals surface area contributed by atoms with Gasteiger partial charge in [0.15, 0.2) is 5.78 Å². The minimum absolute atomic E-state index is 0.106. The highest BCUT2D eigenvalue weighted by Gasteiger charge is 2.22. The molecule has 0 heterocycles. The smallest absolute Gasteiger partial charge is 0.320 e. The zero-order chi connectivity index (χ0) is 16.7. The number of ketones is 1. The molecule has 0 unspecified atom stereocenters. The fraction of sp³-hybridized carbons (Fsp3) is 0.286. The molecular formula is C14H16N2O6. The van der Waals surface area contributed by atoms with Gasteiger partial charge < -0.3 is 21.3 Å². The van der Waals surface area contributed by atoms with Gasteiger partial charge in [0.25, 0.3) is 0 Å². The van der Waals surface area contributed by atoms with Gasteiger partial charge in [-0.25, -0.2) is 0 Å². The fourth-order valence-electron chi connectivity index (χ4n) is 1.83. The highest BCUT2D eigenvalue weighted by molar-refractivity contribution is 6.02. The number of hydrogen-bond acceptors (Lipinski definition) is 5. The zero-order valence-corrected chi connectivity index (χ0v) is 11.6. The molecule has 0 spiro atoms. The SMILES string of the molecule is N[C@@H](Cc1ccc(C(=O)[C@H](CC(=O)O)NC=O)cc1)C(=O)O. The molecule has 118 valence electrons. The molecule has 0 aliphatic heterocycles. The van der Waals surface area contributed by atoms with Gasteiger partial charge >= 0.3 is 11.9 Å². The van der Waals surface area contributed by atoms with E-state index in [1.807, 2.05) is 0 Å². The van der Waals surface area contributed by atoms with Crippen LogP contribution in [-0.4, -0.2) is 46.4 Å². The lowest BCUT2D eigenvalue weighted by Gasteiger charge is -2.13. The highest BCUT2D eigenvalue weighted by atomic mass is 16.4. The van der Waals surface area contributed by atoms with E-state index < -0.39 is 36.2 Å². The normalized spacial score (nSPS) is 13.0. The molecule has 0 aliphatic carbocycles. The summed E-state index contributed by atoms with van der Waals surface area (Å²) in [6.07, 6.45) is -0.149. The van der Waals surface area contributed by atoms with Crippen LogP contribution in [0.5, 0.6) is 0 Å². The summed E-state index contributed by atoms with van der Waals surface area (Å²) < 4.78 is 0. The monoisotopic (exact) mass is 308 g/mol. The van der Waals surface area contributed by atoms with Crippen molar-refractivity contribution in [2.75, 3.05) is 0 Å². The van der Waals surface area contributed by atoms with Crippen LogP contribution in [0.2, 0.25) is 0 Å². The van der Waals surface area contributed by atoms with E-state index in [0.29, 0.717) is 5.56 Å². The first-order valence-electron chi connectivity index (χ1n) is 6.38. The first-order chi connectivity index (χ1) is 10.3. The number of aliphatic carboxylic acids is 2. The molecule has 1 aromatic rings. The molecule has 0 aliphatic rings. The van der Waals surface area contributed by atoms with Crippen molar-refractivity contribution >= 4 is 24.1 Å². The summed E-state index contributed by atoms with van der Waals surface area (Å²) in [7, 11) is 0. The van der Waals surface area contributed by atoms with E-state index in [0.717, 1.165) is 0 Å². The number of carboxylic acids is 2. The molecule has 5 N–H and O–H groups in total. The summed E-state index contributed by atoms with van der Waals surface area (Å²) in [5.41, 5.74) is 6.25. The summed E-state index contributed by atoms with van der Waals surface area (Å²) in [6, 6.07) is 3.75. The molecular weight excluding hydrogens is 292 g/mol. The van der Waals surface area contributed by atoms with E-state index in [4.69, 9.17) is 15.9 Å². The Labute approximate surface area is 125 Å². The number of nitrogens with two attached hydrogens (primary N) is 1. The molecule has 22 heavy (non-hydrogen) atoms. The van der Waals surface area contributed by atoms with Crippen molar-refractivity contribution in [2.24, 2.45) is 5.73 Å². The van der Waals surface area contributed by atoms with Crippen LogP contribution in [0.15, 0.2) is 24.3 Å². The van der Waals surface area contributed by atoms with Crippen molar-refractivity contribution in [3.8, 4) is 0 Å². The van der Waals surface area contributed by atoms with Gasteiger partial charge in [0.05, 0.1) is 6.42 Å². The van der Waals surface area contributed by atoms with Crippen LogP contribution in [0.1, 0.15) is 22.3 Å². The number of hydrogen-bond donors (Lipinski definition) is 4. The Morgan fingerprint density at radius 3 is 2.23 bits per heavy atom. The maximum Gasteiger partial charge on any atom is 0.320 e. The number of carbonyl (C=O) groups is 4. The number of nitrogens with one attached hydrogen (secondary N) is 1. The predicted molar refractivity (Wildman–Crippen MR) is 75.3 cm³/mol. The van der Waals surface area contributed by atoms with Crippen molar-refractivity contribution in [1.29, 1.82) is 0 Å². The summed E-state index contributed by atoms with van der Waals surface area (Å²) in [4.78, 5) is 43.9. The average Bonchev–Trinajstić information content (AvgIpc) is 2.46. The Morgan fingerprint density at radius 1 is 1.18 bits per heavy atom. The Hall–Kier alpha value is -2.74. The second-order valence-corrected chi connectivity index (χ2v) is 4.64. The van der Waals surface area contributed by atoms with Crippen molar-refractivity contribution in [3.05, 3.63) is 35.4 Å². The van der Waals surface area contributed by atoms with Gasteiger partial charge in [-0.1, -0.05) is 24.3 Å². The number of Topliss-reactive ketones (excluding diaryl/α,β-unsaturated/α-hetero) is 1. The predicted octanol–water partition coefficient (Wildman–Crippen LogP) is -0.587. The molecule has 0 radical (unpaired) electrons. The van der Waals surface area contributed by atoms with Crippen molar-refractivity contribution in [3.63, 3.8) is 0 Å². The molecule has 8 heteroatoms. The largest absolute Gasteiger partial charge is 0.481 e. The van der Waals surface area contributed by atoms with Gasteiger partial charge in [0.1, 0.15) is 12.1 Å². The average molecular weight is 308 g/mol. The van der Waals surface area contributed by atoms with Crippen LogP contribution in [-0.2, 0) is 20.8 Å². The van der Waals surface area contributed by atoms with Crippen molar-refractivity contribution in [1.82, 2.24) is 5.32 Å². The number of carboxylic acid groups (broad SMARTS) is 2. The maximum atomic E-state index is 12.1. The lowest BCUT2D eigenvalue weighted by Crippen LogP contribution is -2.37. The second kappa shape index (κ2) is 7.89. The van der Waals surface area contributed by atoms with Gasteiger partial charge in [0, 0.05) is 5.56 Å². The quantitative estimate of drug-likeness (QED) is 0.352. The van der Waals surface area contributed by atoms with Gasteiger partial charge in [-0.05, 0) is 12.0 Å². The summed E-state index contributed by atoms with van der Waals surface area (Å²) in [5.74, 6) is -2.88.